The molecule has 1 aromatic rings. The van der Waals surface area contributed by atoms with Crippen LogP contribution < -0.4 is 5.73 Å². The van der Waals surface area contributed by atoms with E-state index in [-0.39, 0.29) is 24.5 Å². The lowest BCUT2D eigenvalue weighted by atomic mass is 9.98. The van der Waals surface area contributed by atoms with Crippen LogP contribution in [0, 0.1) is 0 Å². The number of phenolic OH excluding ortho intramolecular Hbond substituents is 1. The van der Waals surface area contributed by atoms with Gasteiger partial charge in [-0.25, -0.2) is 0 Å². The van der Waals surface area contributed by atoms with Crippen molar-refractivity contribution >= 4 is 11.6 Å². The summed E-state index contributed by atoms with van der Waals surface area (Å²) in [6, 6.07) is 2.83. The van der Waals surface area contributed by atoms with Crippen LogP contribution in [0.3, 0.4) is 0 Å². The highest BCUT2D eigenvalue weighted by Gasteiger charge is 2.43. The van der Waals surface area contributed by atoms with E-state index < -0.39 is 12.1 Å². The zero-order chi connectivity index (χ0) is 13.5. The van der Waals surface area contributed by atoms with Gasteiger partial charge in [0.2, 0.25) is 0 Å². The number of aromatic hydroxyl groups is 1. The molecule has 1 aliphatic rings. The molecule has 1 aliphatic heterocycles. The highest BCUT2D eigenvalue weighted by Crippen LogP contribution is 2.30. The molecule has 0 atom stereocenters. The van der Waals surface area contributed by atoms with E-state index in [9.17, 15) is 23.1 Å². The molecule has 0 fully saturated rings. The molecular formula is C11H11F3N2O2. The Bertz CT molecular complexity index is 500. The molecule has 2 rings (SSSR count). The summed E-state index contributed by atoms with van der Waals surface area (Å²) in [4.78, 5) is 11.8. The van der Waals surface area contributed by atoms with E-state index in [1.165, 1.54) is 12.1 Å². The number of halogens is 3. The molecule has 0 saturated heterocycles. The second kappa shape index (κ2) is 4.08. The Balaban J connectivity index is 2.25. The first kappa shape index (κ1) is 12.5. The minimum absolute atomic E-state index is 0.00441. The average Bonchev–Trinajstić information content (AvgIpc) is 2.28. The van der Waals surface area contributed by atoms with Gasteiger partial charge in [0.15, 0.2) is 0 Å². The van der Waals surface area contributed by atoms with Crippen LogP contribution in [0.2, 0.25) is 0 Å². The van der Waals surface area contributed by atoms with E-state index in [0.29, 0.717) is 12.0 Å². The number of hydrogen-bond acceptors (Lipinski definition) is 3. The third kappa shape index (κ3) is 2.20. The van der Waals surface area contributed by atoms with Gasteiger partial charge in [-0.05, 0) is 29.7 Å². The second-order valence-corrected chi connectivity index (χ2v) is 4.15. The lowest BCUT2D eigenvalue weighted by Gasteiger charge is -2.29. The first-order valence-corrected chi connectivity index (χ1v) is 5.25. The Kier molecular flexibility index (Phi) is 2.84. The number of phenols is 1. The molecule has 98 valence electrons. The molecule has 4 nitrogen and oxygen atoms in total. The van der Waals surface area contributed by atoms with Crippen LogP contribution >= 0.6 is 0 Å². The van der Waals surface area contributed by atoms with Crippen molar-refractivity contribution in [2.24, 2.45) is 0 Å². The quantitative estimate of drug-likeness (QED) is 0.547. The van der Waals surface area contributed by atoms with Gasteiger partial charge in [-0.15, -0.1) is 0 Å². The highest BCUT2D eigenvalue weighted by atomic mass is 19.4. The van der Waals surface area contributed by atoms with Crippen LogP contribution in [0.15, 0.2) is 12.1 Å². The number of alkyl halides is 3. The number of anilines is 1. The van der Waals surface area contributed by atoms with Gasteiger partial charge in [0.05, 0.1) is 5.69 Å². The van der Waals surface area contributed by atoms with Gasteiger partial charge in [0.25, 0.3) is 0 Å². The monoisotopic (exact) mass is 260 g/mol. The number of carbonyl (C=O) groups excluding carboxylic acids is 1. The van der Waals surface area contributed by atoms with E-state index in [1.54, 1.807) is 0 Å². The summed E-state index contributed by atoms with van der Waals surface area (Å²) < 4.78 is 36.9. The fraction of sp³-hybridized carbons (Fsp3) is 0.364. The molecule has 18 heavy (non-hydrogen) atoms. The largest absolute Gasteiger partial charge is 0.506 e. The highest BCUT2D eigenvalue weighted by molar-refractivity contribution is 5.82. The summed E-state index contributed by atoms with van der Waals surface area (Å²) in [5.74, 6) is -2.04. The normalized spacial score (nSPS) is 15.4. The van der Waals surface area contributed by atoms with Crippen LogP contribution in [-0.2, 0) is 17.8 Å². The minimum Gasteiger partial charge on any atom is -0.506 e. The van der Waals surface area contributed by atoms with Gasteiger partial charge >= 0.3 is 12.1 Å². The van der Waals surface area contributed by atoms with Gasteiger partial charge < -0.3 is 15.7 Å². The lowest BCUT2D eigenvalue weighted by Crippen LogP contribution is -2.43. The van der Waals surface area contributed by atoms with Crippen molar-refractivity contribution in [3.8, 4) is 5.75 Å². The van der Waals surface area contributed by atoms with Crippen molar-refractivity contribution in [3.63, 3.8) is 0 Å². The van der Waals surface area contributed by atoms with E-state index in [4.69, 9.17) is 5.73 Å². The molecule has 0 unspecified atom stereocenters. The van der Waals surface area contributed by atoms with Crippen molar-refractivity contribution in [1.82, 2.24) is 4.90 Å². The number of nitrogens with two attached hydrogens (primary N) is 1. The molecule has 1 aromatic carbocycles. The third-order valence-electron chi connectivity index (χ3n) is 2.89. The van der Waals surface area contributed by atoms with Gasteiger partial charge in [0.1, 0.15) is 5.75 Å². The van der Waals surface area contributed by atoms with E-state index in [0.717, 1.165) is 10.5 Å². The van der Waals surface area contributed by atoms with Crippen LogP contribution in [0.4, 0.5) is 18.9 Å². The fourth-order valence-electron chi connectivity index (χ4n) is 1.97. The maximum Gasteiger partial charge on any atom is 0.471 e. The number of benzene rings is 1. The molecule has 7 heteroatoms. The maximum atomic E-state index is 12.3. The van der Waals surface area contributed by atoms with Gasteiger partial charge in [0, 0.05) is 13.1 Å². The van der Waals surface area contributed by atoms with E-state index in [1.807, 2.05) is 0 Å². The molecule has 0 bridgehead atoms. The Morgan fingerprint density at radius 3 is 2.61 bits per heavy atom. The molecule has 0 saturated carbocycles. The van der Waals surface area contributed by atoms with Crippen molar-refractivity contribution in [2.45, 2.75) is 19.1 Å². The number of carbonyl (C=O) groups is 1. The first-order chi connectivity index (χ1) is 8.29. The Morgan fingerprint density at radius 1 is 1.33 bits per heavy atom. The smallest absolute Gasteiger partial charge is 0.471 e. The van der Waals surface area contributed by atoms with E-state index in [2.05, 4.69) is 0 Å². The Hall–Kier alpha value is -1.92. The molecular weight excluding hydrogens is 249 g/mol. The number of amides is 1. The van der Waals surface area contributed by atoms with Crippen molar-refractivity contribution in [1.29, 1.82) is 0 Å². The molecule has 1 amide bonds. The van der Waals surface area contributed by atoms with Crippen LogP contribution in [0.1, 0.15) is 11.1 Å². The van der Waals surface area contributed by atoms with Gasteiger partial charge in [-0.1, -0.05) is 0 Å². The van der Waals surface area contributed by atoms with Gasteiger partial charge in [-0.3, -0.25) is 4.79 Å². The predicted octanol–water partition coefficient (Wildman–Crippen LogP) is 1.42. The van der Waals surface area contributed by atoms with Crippen molar-refractivity contribution in [3.05, 3.63) is 23.3 Å². The maximum absolute atomic E-state index is 12.3. The number of fused-ring (bicyclic) bond motifs is 1. The SMILES string of the molecule is Nc1cc2c(cc1O)CN(C(=O)C(F)(F)F)CC2. The predicted molar refractivity (Wildman–Crippen MR) is 57.7 cm³/mol. The molecule has 3 N–H and O–H groups in total. The molecule has 0 aliphatic carbocycles. The minimum atomic E-state index is -4.87. The standard InChI is InChI=1S/C11H11F3N2O2/c12-11(13,14)10(18)16-2-1-6-3-8(15)9(17)4-7(6)5-16/h3-4,17H,1-2,5,15H2. The average molecular weight is 260 g/mol. The number of rotatable bonds is 0. The lowest BCUT2D eigenvalue weighted by molar-refractivity contribution is -0.186. The van der Waals surface area contributed by atoms with Gasteiger partial charge in [-0.2, -0.15) is 13.2 Å². The summed E-state index contributed by atoms with van der Waals surface area (Å²) in [5.41, 5.74) is 6.93. The van der Waals surface area contributed by atoms with Crippen molar-refractivity contribution < 1.29 is 23.1 Å². The second-order valence-electron chi connectivity index (χ2n) is 4.15. The summed E-state index contributed by atoms with van der Waals surface area (Å²) in [7, 11) is 0. The number of nitrogen functional groups attached to an aromatic ring is 1. The molecule has 1 heterocycles. The van der Waals surface area contributed by atoms with E-state index >= 15 is 0 Å². The third-order valence-corrected chi connectivity index (χ3v) is 2.89. The summed E-state index contributed by atoms with van der Waals surface area (Å²) in [5, 5.41) is 9.41. The molecule has 0 aromatic heterocycles. The number of nitrogens with zero attached hydrogens (tertiary/aromatic N) is 1. The van der Waals surface area contributed by atoms with Crippen LogP contribution in [0.5, 0.6) is 5.75 Å². The Morgan fingerprint density at radius 2 is 2.00 bits per heavy atom. The van der Waals surface area contributed by atoms with Crippen LogP contribution in [-0.4, -0.2) is 28.6 Å². The zero-order valence-corrected chi connectivity index (χ0v) is 9.29. The zero-order valence-electron chi connectivity index (χ0n) is 9.29. The summed E-state index contributed by atoms with van der Waals surface area (Å²) in [6.45, 7) is -0.170. The topological polar surface area (TPSA) is 66.6 Å². The molecule has 0 radical (unpaired) electrons. The number of hydrogen-bond donors (Lipinski definition) is 2. The summed E-state index contributed by atoms with van der Waals surface area (Å²) >= 11 is 0. The Labute approximate surface area is 101 Å². The van der Waals surface area contributed by atoms with Crippen LogP contribution in [0.25, 0.3) is 0 Å². The first-order valence-electron chi connectivity index (χ1n) is 5.25. The molecule has 0 spiro atoms. The van der Waals surface area contributed by atoms with Crippen molar-refractivity contribution in [2.75, 3.05) is 12.3 Å². The summed E-state index contributed by atoms with van der Waals surface area (Å²) in [6.07, 6.45) is -4.57. The fourth-order valence-corrected chi connectivity index (χ4v) is 1.97.